The summed E-state index contributed by atoms with van der Waals surface area (Å²) < 4.78 is 62.1. The summed E-state index contributed by atoms with van der Waals surface area (Å²) in [5.41, 5.74) is 4.28. The van der Waals surface area contributed by atoms with Crippen molar-refractivity contribution in [2.24, 2.45) is 0 Å². The van der Waals surface area contributed by atoms with Crippen LogP contribution in [0.25, 0.3) is 11.2 Å². The van der Waals surface area contributed by atoms with Crippen molar-refractivity contribution in [2.75, 3.05) is 11.9 Å². The van der Waals surface area contributed by atoms with Crippen LogP contribution < -0.4 is 11.3 Å². The molecule has 0 aromatic carbocycles. The van der Waals surface area contributed by atoms with E-state index < -0.39 is 59.6 Å². The molecule has 1 fully saturated rings. The summed E-state index contributed by atoms with van der Waals surface area (Å²) in [6.45, 7) is 0. The van der Waals surface area contributed by atoms with Gasteiger partial charge in [-0.1, -0.05) is 0 Å². The second-order valence-corrected chi connectivity index (χ2v) is 11.1. The van der Waals surface area contributed by atoms with Crippen LogP contribution in [0.15, 0.2) is 11.1 Å². The molecule has 21 heteroatoms. The fourth-order valence-electron chi connectivity index (χ4n) is 2.79. The van der Waals surface area contributed by atoms with Crippen LogP contribution >= 0.6 is 23.2 Å². The Morgan fingerprint density at radius 1 is 1.26 bits per heavy atom. The number of aliphatic hydroxyl groups is 1. The fourth-order valence-corrected chi connectivity index (χ4v) is 6.55. The lowest BCUT2D eigenvalue weighted by Gasteiger charge is -2.20. The Bertz CT molecular complexity index is 1200. The van der Waals surface area contributed by atoms with E-state index in [1.165, 1.54) is 0 Å². The average Bonchev–Trinajstić information content (AvgIpc) is 3.07. The Kier molecular flexibility index (Phi) is 6.30. The van der Waals surface area contributed by atoms with Gasteiger partial charge in [0.2, 0.25) is 5.95 Å². The monoisotopic (exact) mass is 509 g/mol. The molecule has 2 aromatic rings. The number of phosphoric acid groups is 2. The van der Waals surface area contributed by atoms with Crippen molar-refractivity contribution >= 4 is 40.4 Å². The lowest BCUT2D eigenvalue weighted by molar-refractivity contribution is -0.0298. The number of fused-ring (bicyclic) bond motifs is 1. The third kappa shape index (κ3) is 5.45. The maximum atomic E-state index is 14.5. The Morgan fingerprint density at radius 3 is 2.52 bits per heavy atom. The first kappa shape index (κ1) is 24.1. The van der Waals surface area contributed by atoms with Gasteiger partial charge in [-0.25, -0.2) is 22.8 Å². The van der Waals surface area contributed by atoms with Crippen LogP contribution in [-0.4, -0.2) is 68.7 Å². The number of ether oxygens (including phenoxy) is 1. The summed E-state index contributed by atoms with van der Waals surface area (Å²) in [5, 5.41) is 10.1. The number of anilines is 1. The molecule has 1 saturated heterocycles. The fraction of sp³-hybridized carbons (Fsp3) is 0.500. The minimum absolute atomic E-state index is 0.198. The first-order valence-corrected chi connectivity index (χ1v) is 12.7. The Morgan fingerprint density at radius 2 is 1.90 bits per heavy atom. The summed E-state index contributed by atoms with van der Waals surface area (Å²) in [6, 6.07) is 0. The van der Waals surface area contributed by atoms with Crippen LogP contribution in [0.4, 0.5) is 10.3 Å². The second-order valence-electron chi connectivity index (χ2n) is 6.22. The third-order valence-electron chi connectivity index (χ3n) is 3.86. The first-order valence-electron chi connectivity index (χ1n) is 7.91. The molecule has 3 rings (SSSR count). The molecule has 6 atom stereocenters. The van der Waals surface area contributed by atoms with Gasteiger partial charge in [-0.3, -0.25) is 18.9 Å². The van der Waals surface area contributed by atoms with E-state index in [9.17, 15) is 37.8 Å². The highest BCUT2D eigenvalue weighted by Crippen LogP contribution is 2.66. The van der Waals surface area contributed by atoms with Gasteiger partial charge in [0.05, 0.1) is 12.5 Å². The molecule has 1 aliphatic rings. The molecule has 0 spiro atoms. The molecule has 2 aromatic heterocycles. The molecular formula is C10H15FN5O12P3. The highest BCUT2D eigenvalue weighted by molar-refractivity contribution is 7.68. The van der Waals surface area contributed by atoms with E-state index in [4.69, 9.17) is 20.3 Å². The Hall–Kier alpha value is -1.55. The van der Waals surface area contributed by atoms with E-state index in [1.807, 2.05) is 0 Å². The van der Waals surface area contributed by atoms with E-state index in [-0.39, 0.29) is 17.1 Å². The van der Waals surface area contributed by atoms with Crippen LogP contribution in [0.2, 0.25) is 0 Å². The average molecular weight is 509 g/mol. The zero-order valence-electron chi connectivity index (χ0n) is 14.8. The first-order chi connectivity index (χ1) is 14.1. The number of H-pyrrole nitrogens is 1. The van der Waals surface area contributed by atoms with E-state index >= 15 is 0 Å². The zero-order chi connectivity index (χ0) is 23.4. The Labute approximate surface area is 170 Å². The van der Waals surface area contributed by atoms with E-state index in [0.29, 0.717) is 0 Å². The number of aliphatic hydroxyl groups excluding tert-OH is 1. The quantitative estimate of drug-likeness (QED) is 0.214. The molecule has 3 heterocycles. The van der Waals surface area contributed by atoms with Crippen LogP contribution in [-0.2, 0) is 27.1 Å². The normalized spacial score (nSPS) is 28.5. The zero-order valence-corrected chi connectivity index (χ0v) is 17.5. The van der Waals surface area contributed by atoms with Crippen molar-refractivity contribution in [2.45, 2.75) is 24.6 Å². The summed E-state index contributed by atoms with van der Waals surface area (Å²) >= 11 is 0. The van der Waals surface area contributed by atoms with Gasteiger partial charge in [-0.05, 0) is 0 Å². The Balaban J connectivity index is 1.81. The molecule has 2 unspecified atom stereocenters. The molecule has 17 nitrogen and oxygen atoms in total. The van der Waals surface area contributed by atoms with Crippen molar-refractivity contribution < 1.29 is 56.1 Å². The van der Waals surface area contributed by atoms with Crippen LogP contribution in [0.5, 0.6) is 0 Å². The van der Waals surface area contributed by atoms with Gasteiger partial charge < -0.3 is 35.2 Å². The second kappa shape index (κ2) is 8.10. The van der Waals surface area contributed by atoms with Gasteiger partial charge in [0.15, 0.2) is 23.6 Å². The summed E-state index contributed by atoms with van der Waals surface area (Å²) in [7, 11) is -16.6. The van der Waals surface area contributed by atoms with Crippen molar-refractivity contribution in [3.63, 3.8) is 0 Å². The van der Waals surface area contributed by atoms with E-state index in [2.05, 4.69) is 23.6 Å². The lowest BCUT2D eigenvalue weighted by atomic mass is 10.2. The number of nitrogen functional groups attached to an aromatic ring is 1. The van der Waals surface area contributed by atoms with Gasteiger partial charge in [-0.15, -0.1) is 0 Å². The van der Waals surface area contributed by atoms with Gasteiger partial charge >= 0.3 is 23.2 Å². The molecule has 0 aliphatic carbocycles. The molecule has 1 aliphatic heterocycles. The number of hydrogen-bond acceptors (Lipinski definition) is 11. The standard InChI is InChI=1S/C10H15FN5O12P3/c11-4-3(1-29(19,20)27-31(24,25)28-30(21,22)23)26-9(6(4)17)16-2-13-5-7(16)14-10(12)15-8(5)18/h2-4,6,9,17H,1H2,(H,19,20)(H,24,25)(H2,21,22,23)(H3,12,14,15,18)/t3-,4-,6-,9-/m1/s1. The summed E-state index contributed by atoms with van der Waals surface area (Å²) in [4.78, 5) is 57.5. The maximum Gasteiger partial charge on any atom is 0.488 e. The number of nitrogens with one attached hydrogen (secondary N) is 1. The minimum atomic E-state index is -5.73. The van der Waals surface area contributed by atoms with E-state index in [1.54, 1.807) is 0 Å². The molecule has 0 amide bonds. The number of alkyl halides is 1. The van der Waals surface area contributed by atoms with Crippen molar-refractivity contribution in [3.8, 4) is 0 Å². The molecule has 0 radical (unpaired) electrons. The molecule has 0 saturated carbocycles. The molecular weight excluding hydrogens is 494 g/mol. The maximum absolute atomic E-state index is 14.5. The number of aromatic nitrogens is 4. The molecule has 31 heavy (non-hydrogen) atoms. The minimum Gasteiger partial charge on any atom is -0.385 e. The number of rotatable bonds is 7. The molecule has 0 bridgehead atoms. The highest BCUT2D eigenvalue weighted by Gasteiger charge is 2.50. The smallest absolute Gasteiger partial charge is 0.385 e. The number of imidazole rings is 1. The number of aromatic amines is 1. The number of halogens is 1. The molecule has 174 valence electrons. The van der Waals surface area contributed by atoms with Crippen molar-refractivity contribution in [3.05, 3.63) is 16.7 Å². The predicted molar refractivity (Wildman–Crippen MR) is 96.1 cm³/mol. The topological polar surface area (TPSA) is 270 Å². The number of hydrogen-bond donors (Lipinski definition) is 7. The van der Waals surface area contributed by atoms with Crippen LogP contribution in [0.3, 0.4) is 0 Å². The van der Waals surface area contributed by atoms with E-state index in [0.717, 1.165) is 10.9 Å². The number of nitrogens with two attached hydrogens (primary N) is 1. The van der Waals surface area contributed by atoms with Crippen molar-refractivity contribution in [1.82, 2.24) is 19.5 Å². The van der Waals surface area contributed by atoms with Crippen LogP contribution in [0.1, 0.15) is 6.23 Å². The third-order valence-corrected chi connectivity index (χ3v) is 8.21. The number of nitrogens with zero attached hydrogens (tertiary/aromatic N) is 3. The van der Waals surface area contributed by atoms with Gasteiger partial charge in [0, 0.05) is 0 Å². The predicted octanol–water partition coefficient (Wildman–Crippen LogP) is -1.29. The molecule has 8 N–H and O–H groups in total. The van der Waals surface area contributed by atoms with Crippen molar-refractivity contribution in [1.29, 1.82) is 0 Å². The largest absolute Gasteiger partial charge is 0.488 e. The highest BCUT2D eigenvalue weighted by atomic mass is 31.3. The van der Waals surface area contributed by atoms with Crippen LogP contribution in [0, 0.1) is 0 Å². The van der Waals surface area contributed by atoms with Gasteiger partial charge in [0.25, 0.3) is 5.56 Å². The van der Waals surface area contributed by atoms with Gasteiger partial charge in [-0.2, -0.15) is 9.29 Å². The SMILES string of the molecule is Nc1nc2c(ncn2[C@@H]2O[C@H](CP(=O)(O)OP(=O)(O)OP(=O)(O)O)[C@@H](F)[C@H]2O)c(=O)[nH]1. The lowest BCUT2D eigenvalue weighted by Crippen LogP contribution is -2.29. The summed E-state index contributed by atoms with van der Waals surface area (Å²) in [6.07, 6.45) is -8.17. The van der Waals surface area contributed by atoms with Gasteiger partial charge in [0.1, 0.15) is 12.2 Å². The summed E-state index contributed by atoms with van der Waals surface area (Å²) in [5.74, 6) is -0.322.